The van der Waals surface area contributed by atoms with E-state index in [0.29, 0.717) is 13.0 Å². The zero-order chi connectivity index (χ0) is 39.6. The molecular weight excluding hydrogens is 703 g/mol. The average Bonchev–Trinajstić information content (AvgIpc) is 3.16. The molecular formula is C44H77O9P. The van der Waals surface area contributed by atoms with Gasteiger partial charge in [0, 0.05) is 13.0 Å². The van der Waals surface area contributed by atoms with E-state index < -0.39 is 45.8 Å². The second kappa shape index (κ2) is 40.6. The van der Waals surface area contributed by atoms with E-state index in [1.807, 2.05) is 0 Å². The molecule has 3 unspecified atom stereocenters. The maximum absolute atomic E-state index is 12.6. The van der Waals surface area contributed by atoms with Crippen molar-refractivity contribution in [2.24, 2.45) is 0 Å². The van der Waals surface area contributed by atoms with Crippen LogP contribution in [0.15, 0.2) is 72.9 Å². The molecule has 0 radical (unpaired) electrons. The van der Waals surface area contributed by atoms with E-state index in [9.17, 15) is 19.4 Å². The van der Waals surface area contributed by atoms with Gasteiger partial charge in [0.2, 0.25) is 0 Å². The lowest BCUT2D eigenvalue weighted by molar-refractivity contribution is -0.154. The predicted molar refractivity (Wildman–Crippen MR) is 223 cm³/mol. The molecule has 0 saturated heterocycles. The fourth-order valence-corrected chi connectivity index (χ4v) is 5.99. The lowest BCUT2D eigenvalue weighted by atomic mass is 10.1. The summed E-state index contributed by atoms with van der Waals surface area (Å²) in [6, 6.07) is 0. The maximum Gasteiger partial charge on any atom is 0.472 e. The Morgan fingerprint density at radius 3 is 1.59 bits per heavy atom. The molecule has 0 aromatic heterocycles. The lowest BCUT2D eigenvalue weighted by Gasteiger charge is -2.20. The van der Waals surface area contributed by atoms with E-state index in [1.165, 1.54) is 51.4 Å². The highest BCUT2D eigenvalue weighted by atomic mass is 31.2. The van der Waals surface area contributed by atoms with Crippen molar-refractivity contribution in [3.8, 4) is 0 Å². The monoisotopic (exact) mass is 781 g/mol. The first-order chi connectivity index (χ1) is 26.3. The number of unbranched alkanes of at least 4 members (excludes halogenated alkanes) is 13. The molecule has 0 aliphatic heterocycles. The van der Waals surface area contributed by atoms with E-state index in [4.69, 9.17) is 23.6 Å². The van der Waals surface area contributed by atoms with Crippen molar-refractivity contribution >= 4 is 13.8 Å². The summed E-state index contributed by atoms with van der Waals surface area (Å²) in [4.78, 5) is 22.5. The van der Waals surface area contributed by atoms with Crippen molar-refractivity contribution in [3.63, 3.8) is 0 Å². The quantitative estimate of drug-likeness (QED) is 0.0241. The number of carbonyl (C=O) groups is 1. The highest BCUT2D eigenvalue weighted by Crippen LogP contribution is 2.43. The summed E-state index contributed by atoms with van der Waals surface area (Å²) < 4.78 is 33.3. The number of phosphoric acid groups is 1. The minimum atomic E-state index is -4.53. The van der Waals surface area contributed by atoms with Gasteiger partial charge in [0.25, 0.3) is 0 Å². The van der Waals surface area contributed by atoms with Gasteiger partial charge in [-0.05, 0) is 83.5 Å². The predicted octanol–water partition coefficient (Wildman–Crippen LogP) is 11.4. The van der Waals surface area contributed by atoms with Gasteiger partial charge < -0.3 is 24.6 Å². The highest BCUT2D eigenvalue weighted by molar-refractivity contribution is 7.47. The minimum absolute atomic E-state index is 0.0264. The molecule has 0 aromatic carbocycles. The molecule has 0 fully saturated rings. The van der Waals surface area contributed by atoms with Crippen molar-refractivity contribution in [3.05, 3.63) is 72.9 Å². The van der Waals surface area contributed by atoms with Crippen LogP contribution in [0.5, 0.6) is 0 Å². The van der Waals surface area contributed by atoms with Crippen molar-refractivity contribution in [2.45, 2.75) is 167 Å². The number of allylic oxidation sites excluding steroid dienone is 12. The van der Waals surface area contributed by atoms with E-state index in [0.717, 1.165) is 77.0 Å². The summed E-state index contributed by atoms with van der Waals surface area (Å²) in [5.41, 5.74) is 0. The lowest BCUT2D eigenvalue weighted by Crippen LogP contribution is -2.29. The Kier molecular flexibility index (Phi) is 39.0. The first-order valence-corrected chi connectivity index (χ1v) is 22.4. The third kappa shape index (κ3) is 39.6. The molecule has 0 aliphatic rings. The van der Waals surface area contributed by atoms with Gasteiger partial charge in [-0.3, -0.25) is 13.8 Å². The summed E-state index contributed by atoms with van der Waals surface area (Å²) in [7, 11) is -4.53. The van der Waals surface area contributed by atoms with Gasteiger partial charge >= 0.3 is 13.8 Å². The summed E-state index contributed by atoms with van der Waals surface area (Å²) >= 11 is 0. The summed E-state index contributed by atoms with van der Waals surface area (Å²) in [5, 5.41) is 18.3. The molecule has 0 saturated carbocycles. The molecule has 3 N–H and O–H groups in total. The van der Waals surface area contributed by atoms with Crippen LogP contribution >= 0.6 is 7.82 Å². The van der Waals surface area contributed by atoms with Gasteiger partial charge in [-0.25, -0.2) is 4.57 Å². The largest absolute Gasteiger partial charge is 0.472 e. The number of esters is 1. The Hall–Kier alpha value is -2.10. The van der Waals surface area contributed by atoms with Crippen LogP contribution in [0.4, 0.5) is 0 Å². The van der Waals surface area contributed by atoms with Crippen molar-refractivity contribution in [1.29, 1.82) is 0 Å². The molecule has 9 nitrogen and oxygen atoms in total. The zero-order valence-electron chi connectivity index (χ0n) is 33.9. The normalized spacial score (nSPS) is 14.8. The Bertz CT molecular complexity index is 1070. The highest BCUT2D eigenvalue weighted by Gasteiger charge is 2.26. The van der Waals surface area contributed by atoms with Crippen LogP contribution in [0.2, 0.25) is 0 Å². The van der Waals surface area contributed by atoms with Gasteiger partial charge in [-0.2, -0.15) is 0 Å². The van der Waals surface area contributed by atoms with Crippen molar-refractivity contribution in [1.82, 2.24) is 0 Å². The Labute approximate surface area is 329 Å². The fraction of sp³-hybridized carbons (Fsp3) is 0.705. The number of hydrogen-bond acceptors (Lipinski definition) is 8. The Balaban J connectivity index is 4.23. The van der Waals surface area contributed by atoms with Gasteiger partial charge in [-0.1, -0.05) is 138 Å². The zero-order valence-corrected chi connectivity index (χ0v) is 34.8. The van der Waals surface area contributed by atoms with Crippen molar-refractivity contribution < 1.29 is 43.0 Å². The second-order valence-electron chi connectivity index (χ2n) is 13.6. The third-order valence-corrected chi connectivity index (χ3v) is 9.33. The topological polar surface area (TPSA) is 132 Å². The minimum Gasteiger partial charge on any atom is -0.457 e. The number of ether oxygens (including phenoxy) is 2. The molecule has 3 atom stereocenters. The van der Waals surface area contributed by atoms with Crippen LogP contribution in [-0.2, 0) is 27.9 Å². The van der Waals surface area contributed by atoms with Gasteiger partial charge in [0.15, 0.2) is 0 Å². The average molecular weight is 781 g/mol. The third-order valence-electron chi connectivity index (χ3n) is 8.38. The fourth-order valence-electron chi connectivity index (χ4n) is 5.20. The molecule has 54 heavy (non-hydrogen) atoms. The van der Waals surface area contributed by atoms with E-state index in [-0.39, 0.29) is 13.0 Å². The second-order valence-corrected chi connectivity index (χ2v) is 15.1. The van der Waals surface area contributed by atoms with Gasteiger partial charge in [0.05, 0.1) is 26.4 Å². The van der Waals surface area contributed by atoms with Crippen LogP contribution in [-0.4, -0.2) is 66.3 Å². The van der Waals surface area contributed by atoms with Crippen LogP contribution in [0.25, 0.3) is 0 Å². The molecule has 0 aliphatic carbocycles. The summed E-state index contributed by atoms with van der Waals surface area (Å²) in [6.07, 6.45) is 47.2. The molecule has 0 aromatic rings. The van der Waals surface area contributed by atoms with Gasteiger partial charge in [-0.15, -0.1) is 0 Å². The van der Waals surface area contributed by atoms with Crippen LogP contribution in [0.3, 0.4) is 0 Å². The van der Waals surface area contributed by atoms with Crippen LogP contribution in [0, 0.1) is 0 Å². The first kappa shape index (κ1) is 51.9. The number of aliphatic hydroxyl groups is 2. The van der Waals surface area contributed by atoms with Crippen molar-refractivity contribution in [2.75, 3.05) is 33.0 Å². The Morgan fingerprint density at radius 2 is 1.06 bits per heavy atom. The number of aliphatic hydroxyl groups excluding tert-OH is 2. The van der Waals surface area contributed by atoms with E-state index >= 15 is 0 Å². The number of hydrogen-bond donors (Lipinski definition) is 3. The molecule has 0 rings (SSSR count). The molecule has 10 heteroatoms. The smallest absolute Gasteiger partial charge is 0.457 e. The number of rotatable bonds is 39. The maximum atomic E-state index is 12.6. The number of carbonyl (C=O) groups excluding carboxylic acids is 1. The molecule has 0 amide bonds. The molecule has 0 heterocycles. The molecule has 0 bridgehead atoms. The molecule has 312 valence electrons. The molecule has 0 spiro atoms. The van der Waals surface area contributed by atoms with E-state index in [2.05, 4.69) is 86.8 Å². The van der Waals surface area contributed by atoms with E-state index in [1.54, 1.807) is 0 Å². The van der Waals surface area contributed by atoms with Crippen LogP contribution in [0.1, 0.15) is 155 Å². The number of phosphoric ester groups is 1. The summed E-state index contributed by atoms with van der Waals surface area (Å²) in [5.74, 6) is -0.418. The van der Waals surface area contributed by atoms with Gasteiger partial charge in [0.1, 0.15) is 12.2 Å². The summed E-state index contributed by atoms with van der Waals surface area (Å²) in [6.45, 7) is 3.29. The standard InChI is InChI=1S/C44H77O9P/c1-3-5-7-9-11-13-15-17-18-19-20-21-22-23-25-27-29-31-33-35-37-50-40-43(41-52-54(48,49)51-39-42(46)38-45)53-44(47)36-34-32-30-28-26-24-16-14-12-10-8-6-4-2/h6,8,11-14,17-18,20-21,24,26,42-43,45-46H,3-5,7,9-10,15-16,19,22-23,25,27-41H2,1-2H3,(H,48,49)/b8-6-,13-11-,14-12-,18-17-,21-20-,26-24-. The first-order valence-electron chi connectivity index (χ1n) is 20.9. The Morgan fingerprint density at radius 1 is 0.593 bits per heavy atom. The SMILES string of the molecule is CC/C=C\C/C=C\C/C=C\CCCCCC(=O)OC(COCCCCCCCCC/C=C\C/C=C\C/C=C\CCCCC)COP(=O)(O)OCC(O)CO. The van der Waals surface area contributed by atoms with Crippen LogP contribution < -0.4 is 0 Å².